The normalized spacial score (nSPS) is 10.2. The second kappa shape index (κ2) is 7.74. The van der Waals surface area contributed by atoms with E-state index in [0.717, 1.165) is 6.07 Å². The molecule has 0 aliphatic heterocycles. The molecule has 0 saturated heterocycles. The number of benzene rings is 2. The molecule has 0 unspecified atom stereocenters. The van der Waals surface area contributed by atoms with E-state index in [1.54, 1.807) is 0 Å². The van der Waals surface area contributed by atoms with Gasteiger partial charge >= 0.3 is 0 Å². The molecule has 0 atom stereocenters. The molecule has 2 aromatic carbocycles. The van der Waals surface area contributed by atoms with Crippen LogP contribution in [0.1, 0.15) is 6.92 Å². The second-order valence-electron chi connectivity index (χ2n) is 4.91. The van der Waals surface area contributed by atoms with E-state index in [0.29, 0.717) is 11.4 Å². The molecule has 8 heteroatoms. The largest absolute Gasteiger partial charge is 0.376 e. The van der Waals surface area contributed by atoms with Crippen LogP contribution in [0.2, 0.25) is 5.02 Å². The maximum atomic E-state index is 13.5. The zero-order chi connectivity index (χ0) is 17.7. The van der Waals surface area contributed by atoms with Crippen LogP contribution in [0, 0.1) is 11.6 Å². The summed E-state index contributed by atoms with van der Waals surface area (Å²) in [4.78, 5) is 22.9. The Morgan fingerprint density at radius 3 is 2.33 bits per heavy atom. The highest BCUT2D eigenvalue weighted by Crippen LogP contribution is 2.20. The van der Waals surface area contributed by atoms with Crippen molar-refractivity contribution in [1.82, 2.24) is 0 Å². The Labute approximate surface area is 142 Å². The summed E-state index contributed by atoms with van der Waals surface area (Å²) in [5.41, 5.74) is 0.817. The lowest BCUT2D eigenvalue weighted by Gasteiger charge is -2.10. The molecule has 0 saturated carbocycles. The minimum atomic E-state index is -0.582. The van der Waals surface area contributed by atoms with Gasteiger partial charge in [0.15, 0.2) is 0 Å². The lowest BCUT2D eigenvalue weighted by atomic mass is 10.2. The molecule has 24 heavy (non-hydrogen) atoms. The first-order chi connectivity index (χ1) is 11.3. The summed E-state index contributed by atoms with van der Waals surface area (Å²) in [7, 11) is 0. The van der Waals surface area contributed by atoms with Crippen LogP contribution < -0.4 is 16.0 Å². The number of halogens is 3. The maximum absolute atomic E-state index is 13.5. The third-order valence-corrected chi connectivity index (χ3v) is 3.22. The minimum absolute atomic E-state index is 0.0122. The Hall–Kier alpha value is -2.67. The van der Waals surface area contributed by atoms with Crippen molar-refractivity contribution in [2.75, 3.05) is 22.5 Å². The van der Waals surface area contributed by atoms with Gasteiger partial charge in [0.1, 0.15) is 11.6 Å². The molecule has 0 spiro atoms. The molecule has 0 bridgehead atoms. The molecule has 5 nitrogen and oxygen atoms in total. The van der Waals surface area contributed by atoms with E-state index in [-0.39, 0.29) is 17.3 Å². The number of anilines is 3. The Balaban J connectivity index is 1.96. The summed E-state index contributed by atoms with van der Waals surface area (Å²) in [5, 5.41) is 7.59. The van der Waals surface area contributed by atoms with Gasteiger partial charge in [-0.15, -0.1) is 0 Å². The molecule has 0 radical (unpaired) electrons. The molecule has 3 N–H and O–H groups in total. The van der Waals surface area contributed by atoms with E-state index in [4.69, 9.17) is 11.6 Å². The van der Waals surface area contributed by atoms with Gasteiger partial charge in [0, 0.05) is 18.3 Å². The number of hydrogen-bond donors (Lipinski definition) is 3. The Bertz CT molecular complexity index is 784. The Morgan fingerprint density at radius 2 is 1.67 bits per heavy atom. The fraction of sp³-hybridized carbons (Fsp3) is 0.125. The lowest BCUT2D eigenvalue weighted by Crippen LogP contribution is -2.21. The van der Waals surface area contributed by atoms with Gasteiger partial charge in [-0.2, -0.15) is 0 Å². The highest BCUT2D eigenvalue weighted by atomic mass is 35.5. The first-order valence-corrected chi connectivity index (χ1v) is 7.29. The molecule has 2 aromatic rings. The monoisotopic (exact) mass is 353 g/mol. The highest BCUT2D eigenvalue weighted by Gasteiger charge is 2.08. The summed E-state index contributed by atoms with van der Waals surface area (Å²) in [6, 6.07) is 7.80. The van der Waals surface area contributed by atoms with Crippen LogP contribution in [-0.2, 0) is 9.59 Å². The van der Waals surface area contributed by atoms with Crippen LogP contribution in [0.15, 0.2) is 36.4 Å². The van der Waals surface area contributed by atoms with E-state index >= 15 is 0 Å². The average molecular weight is 354 g/mol. The van der Waals surface area contributed by atoms with Crippen molar-refractivity contribution in [1.29, 1.82) is 0 Å². The van der Waals surface area contributed by atoms with Crippen molar-refractivity contribution < 1.29 is 18.4 Å². The molecule has 0 aliphatic carbocycles. The number of rotatable bonds is 5. The summed E-state index contributed by atoms with van der Waals surface area (Å²) < 4.78 is 26.6. The van der Waals surface area contributed by atoms with Crippen LogP contribution in [-0.4, -0.2) is 18.4 Å². The fourth-order valence-electron chi connectivity index (χ4n) is 1.88. The van der Waals surface area contributed by atoms with Crippen LogP contribution in [0.5, 0.6) is 0 Å². The van der Waals surface area contributed by atoms with Crippen LogP contribution in [0.4, 0.5) is 25.8 Å². The molecule has 0 aliphatic rings. The third-order valence-electron chi connectivity index (χ3n) is 2.93. The van der Waals surface area contributed by atoms with E-state index in [1.165, 1.54) is 37.3 Å². The van der Waals surface area contributed by atoms with Gasteiger partial charge in [0.05, 0.1) is 17.3 Å². The molecule has 0 heterocycles. The number of amides is 2. The predicted octanol–water partition coefficient (Wildman–Crippen LogP) is 3.63. The van der Waals surface area contributed by atoms with Crippen molar-refractivity contribution in [3.63, 3.8) is 0 Å². The van der Waals surface area contributed by atoms with Gasteiger partial charge < -0.3 is 16.0 Å². The maximum Gasteiger partial charge on any atom is 0.243 e. The number of carbonyl (C=O) groups is 2. The standard InChI is InChI=1S/C16H14ClF2N3O2/c1-9(23)21-15-7-10(2-5-14(15)19)20-8-16(24)22-11-3-4-13(18)12(17)6-11/h2-7,20H,8H2,1H3,(H,21,23)(H,22,24). The average Bonchev–Trinajstić information content (AvgIpc) is 2.51. The van der Waals surface area contributed by atoms with Gasteiger partial charge in [-0.3, -0.25) is 9.59 Å². The smallest absolute Gasteiger partial charge is 0.243 e. The zero-order valence-corrected chi connectivity index (χ0v) is 13.4. The first kappa shape index (κ1) is 17.7. The molecule has 0 fully saturated rings. The quantitative estimate of drug-likeness (QED) is 0.768. The van der Waals surface area contributed by atoms with Crippen molar-refractivity contribution in [3.05, 3.63) is 53.1 Å². The van der Waals surface area contributed by atoms with Crippen molar-refractivity contribution in [2.24, 2.45) is 0 Å². The Morgan fingerprint density at radius 1 is 1.00 bits per heavy atom. The topological polar surface area (TPSA) is 70.2 Å². The van der Waals surface area contributed by atoms with Gasteiger partial charge in [-0.25, -0.2) is 8.78 Å². The predicted molar refractivity (Wildman–Crippen MR) is 89.2 cm³/mol. The summed E-state index contributed by atoms with van der Waals surface area (Å²) in [5.74, 6) is -1.97. The van der Waals surface area contributed by atoms with Crippen LogP contribution in [0.25, 0.3) is 0 Å². The van der Waals surface area contributed by atoms with Crippen molar-refractivity contribution >= 4 is 40.5 Å². The van der Waals surface area contributed by atoms with Crippen molar-refractivity contribution in [2.45, 2.75) is 6.92 Å². The minimum Gasteiger partial charge on any atom is -0.376 e. The summed E-state index contributed by atoms with van der Waals surface area (Å²) in [6.45, 7) is 1.15. The fourth-order valence-corrected chi connectivity index (χ4v) is 2.06. The van der Waals surface area contributed by atoms with Gasteiger partial charge in [-0.05, 0) is 36.4 Å². The molecule has 126 valence electrons. The molecule has 0 aromatic heterocycles. The molecule has 2 amide bonds. The van der Waals surface area contributed by atoms with Gasteiger partial charge in [-0.1, -0.05) is 11.6 Å². The van der Waals surface area contributed by atoms with Crippen LogP contribution >= 0.6 is 11.6 Å². The second-order valence-corrected chi connectivity index (χ2v) is 5.31. The van der Waals surface area contributed by atoms with E-state index in [2.05, 4.69) is 16.0 Å². The summed E-state index contributed by atoms with van der Waals surface area (Å²) in [6.07, 6.45) is 0. The van der Waals surface area contributed by atoms with Crippen LogP contribution in [0.3, 0.4) is 0 Å². The van der Waals surface area contributed by atoms with Crippen molar-refractivity contribution in [3.8, 4) is 0 Å². The van der Waals surface area contributed by atoms with E-state index in [1.807, 2.05) is 0 Å². The summed E-state index contributed by atoms with van der Waals surface area (Å²) >= 11 is 5.63. The molecular weight excluding hydrogens is 340 g/mol. The third kappa shape index (κ3) is 4.92. The van der Waals surface area contributed by atoms with Gasteiger partial charge in [0.25, 0.3) is 0 Å². The zero-order valence-electron chi connectivity index (χ0n) is 12.6. The van der Waals surface area contributed by atoms with Gasteiger partial charge in [0.2, 0.25) is 11.8 Å². The Kier molecular flexibility index (Phi) is 5.70. The molecule has 2 rings (SSSR count). The first-order valence-electron chi connectivity index (χ1n) is 6.91. The number of hydrogen-bond acceptors (Lipinski definition) is 3. The molecular formula is C16H14ClF2N3O2. The van der Waals surface area contributed by atoms with E-state index < -0.39 is 23.4 Å². The SMILES string of the molecule is CC(=O)Nc1cc(NCC(=O)Nc2ccc(F)c(Cl)c2)ccc1F. The lowest BCUT2D eigenvalue weighted by molar-refractivity contribution is -0.115. The van der Waals surface area contributed by atoms with E-state index in [9.17, 15) is 18.4 Å². The number of nitrogens with one attached hydrogen (secondary N) is 3. The highest BCUT2D eigenvalue weighted by molar-refractivity contribution is 6.31. The number of carbonyl (C=O) groups excluding carboxylic acids is 2.